The molecule has 0 fully saturated rings. The number of carbonyl (C=O) groups is 2. The summed E-state index contributed by atoms with van der Waals surface area (Å²) >= 11 is 0. The average Bonchev–Trinajstić information content (AvgIpc) is 3.05. The second-order valence-corrected chi connectivity index (χ2v) is 14.1. The molecule has 0 spiro atoms. The Morgan fingerprint density at radius 1 is 0.792 bits per heavy atom. The zero-order valence-electron chi connectivity index (χ0n) is 27.4. The largest absolute Gasteiger partial charge is 0.416 e. The van der Waals surface area contributed by atoms with E-state index < -0.39 is 46.2 Å². The topological polar surface area (TPSA) is 86.8 Å². The fourth-order valence-electron chi connectivity index (χ4n) is 5.07. The number of halogens is 3. The highest BCUT2D eigenvalue weighted by atomic mass is 32.2. The summed E-state index contributed by atoms with van der Waals surface area (Å²) in [5.74, 6) is -1.08. The number of carbonyl (C=O) groups excluding carboxylic acids is 2. The molecule has 0 aromatic heterocycles. The molecular weight excluding hydrogens is 639 g/mol. The van der Waals surface area contributed by atoms with Gasteiger partial charge < -0.3 is 10.2 Å². The van der Waals surface area contributed by atoms with E-state index in [0.29, 0.717) is 22.5 Å². The van der Waals surface area contributed by atoms with E-state index in [9.17, 15) is 31.2 Å². The van der Waals surface area contributed by atoms with Crippen molar-refractivity contribution in [2.24, 2.45) is 5.92 Å². The maximum absolute atomic E-state index is 14.5. The van der Waals surface area contributed by atoms with E-state index in [1.54, 1.807) is 19.1 Å². The number of alkyl halides is 3. The van der Waals surface area contributed by atoms with Gasteiger partial charge in [0.05, 0.1) is 16.1 Å². The second-order valence-electron chi connectivity index (χ2n) is 12.2. The highest BCUT2D eigenvalue weighted by molar-refractivity contribution is 7.92. The number of hydrogen-bond acceptors (Lipinski definition) is 4. The van der Waals surface area contributed by atoms with E-state index in [0.717, 1.165) is 28.8 Å². The van der Waals surface area contributed by atoms with Gasteiger partial charge in [-0.1, -0.05) is 97.8 Å². The van der Waals surface area contributed by atoms with Gasteiger partial charge in [-0.3, -0.25) is 13.9 Å². The monoisotopic (exact) mass is 679 g/mol. The Hall–Kier alpha value is -4.64. The molecule has 0 saturated carbocycles. The van der Waals surface area contributed by atoms with Crippen LogP contribution in [0.1, 0.15) is 41.7 Å². The first-order chi connectivity index (χ1) is 22.6. The third kappa shape index (κ3) is 9.47. The summed E-state index contributed by atoms with van der Waals surface area (Å²) in [7, 11) is -4.55. The van der Waals surface area contributed by atoms with E-state index in [-0.39, 0.29) is 29.5 Å². The van der Waals surface area contributed by atoms with Crippen molar-refractivity contribution in [3.05, 3.63) is 131 Å². The second kappa shape index (κ2) is 15.5. The van der Waals surface area contributed by atoms with Gasteiger partial charge in [-0.2, -0.15) is 13.2 Å². The summed E-state index contributed by atoms with van der Waals surface area (Å²) in [6.45, 7) is 6.99. The van der Waals surface area contributed by atoms with Crippen molar-refractivity contribution in [2.45, 2.75) is 57.8 Å². The Bertz CT molecular complexity index is 1790. The average molecular weight is 680 g/mol. The van der Waals surface area contributed by atoms with Crippen LogP contribution in [-0.2, 0) is 38.8 Å². The summed E-state index contributed by atoms with van der Waals surface area (Å²) in [5, 5.41) is 2.91. The molecule has 0 unspecified atom stereocenters. The summed E-state index contributed by atoms with van der Waals surface area (Å²) in [6.07, 6.45) is -4.64. The maximum Gasteiger partial charge on any atom is 0.416 e. The summed E-state index contributed by atoms with van der Waals surface area (Å²) in [6, 6.07) is 25.1. The van der Waals surface area contributed by atoms with Crippen molar-refractivity contribution in [3.8, 4) is 0 Å². The van der Waals surface area contributed by atoms with Gasteiger partial charge in [-0.15, -0.1) is 0 Å². The van der Waals surface area contributed by atoms with Crippen LogP contribution in [0.25, 0.3) is 0 Å². The van der Waals surface area contributed by atoms with Crippen LogP contribution in [0.4, 0.5) is 18.9 Å². The van der Waals surface area contributed by atoms with Crippen LogP contribution in [0.2, 0.25) is 0 Å². The first-order valence-corrected chi connectivity index (χ1v) is 17.0. The smallest absolute Gasteiger partial charge is 0.354 e. The molecule has 7 nitrogen and oxygen atoms in total. The molecule has 0 bridgehead atoms. The summed E-state index contributed by atoms with van der Waals surface area (Å²) in [5.41, 5.74) is 1.81. The Balaban J connectivity index is 1.84. The van der Waals surface area contributed by atoms with Gasteiger partial charge >= 0.3 is 6.18 Å². The number of nitrogens with one attached hydrogen (secondary N) is 1. The molecule has 0 heterocycles. The lowest BCUT2D eigenvalue weighted by atomic mass is 10.0. The lowest BCUT2D eigenvalue weighted by Gasteiger charge is -2.34. The molecule has 0 radical (unpaired) electrons. The molecule has 254 valence electrons. The van der Waals surface area contributed by atoms with Crippen LogP contribution in [0.3, 0.4) is 0 Å². The molecule has 11 heteroatoms. The van der Waals surface area contributed by atoms with Crippen LogP contribution >= 0.6 is 0 Å². The van der Waals surface area contributed by atoms with Gasteiger partial charge in [0.1, 0.15) is 12.6 Å². The molecule has 1 N–H and O–H groups in total. The van der Waals surface area contributed by atoms with Gasteiger partial charge in [-0.05, 0) is 61.2 Å². The predicted molar refractivity (Wildman–Crippen MR) is 181 cm³/mol. The molecule has 1 atom stereocenters. The number of aryl methyl sites for hydroxylation is 2. The predicted octanol–water partition coefficient (Wildman–Crippen LogP) is 6.93. The van der Waals surface area contributed by atoms with Crippen LogP contribution in [0.15, 0.2) is 108 Å². The molecule has 0 saturated heterocycles. The molecule has 4 aromatic rings. The van der Waals surface area contributed by atoms with Crippen LogP contribution in [0.5, 0.6) is 0 Å². The summed E-state index contributed by atoms with van der Waals surface area (Å²) < 4.78 is 70.3. The molecule has 0 aliphatic rings. The minimum absolute atomic E-state index is 0.0489. The van der Waals surface area contributed by atoms with E-state index in [1.165, 1.54) is 23.1 Å². The van der Waals surface area contributed by atoms with Gasteiger partial charge in [0.2, 0.25) is 11.8 Å². The Morgan fingerprint density at radius 3 is 1.98 bits per heavy atom. The third-order valence-corrected chi connectivity index (χ3v) is 9.57. The lowest BCUT2D eigenvalue weighted by molar-refractivity contribution is -0.140. The highest BCUT2D eigenvalue weighted by Crippen LogP contribution is 2.33. The molecule has 4 rings (SSSR count). The Labute approximate surface area is 280 Å². The van der Waals surface area contributed by atoms with Crippen molar-refractivity contribution in [1.29, 1.82) is 0 Å². The van der Waals surface area contributed by atoms with E-state index in [1.807, 2.05) is 75.4 Å². The van der Waals surface area contributed by atoms with Gasteiger partial charge in [0, 0.05) is 19.5 Å². The van der Waals surface area contributed by atoms with Gasteiger partial charge in [-0.25, -0.2) is 8.42 Å². The zero-order valence-corrected chi connectivity index (χ0v) is 28.2. The Kier molecular flexibility index (Phi) is 11.7. The number of benzene rings is 4. The first kappa shape index (κ1) is 36.2. The van der Waals surface area contributed by atoms with E-state index in [2.05, 4.69) is 5.32 Å². The molecule has 2 amide bonds. The van der Waals surface area contributed by atoms with Crippen molar-refractivity contribution in [1.82, 2.24) is 10.2 Å². The lowest BCUT2D eigenvalue weighted by Crippen LogP contribution is -2.53. The van der Waals surface area contributed by atoms with Crippen LogP contribution < -0.4 is 9.62 Å². The number of sulfonamides is 1. The number of rotatable bonds is 13. The zero-order chi connectivity index (χ0) is 35.1. The Morgan fingerprint density at radius 2 is 1.40 bits per heavy atom. The highest BCUT2D eigenvalue weighted by Gasteiger charge is 2.36. The van der Waals surface area contributed by atoms with Crippen LogP contribution in [-0.4, -0.2) is 44.3 Å². The number of anilines is 1. The van der Waals surface area contributed by atoms with Crippen LogP contribution in [0, 0.1) is 19.8 Å². The maximum atomic E-state index is 14.5. The number of amides is 2. The van der Waals surface area contributed by atoms with Crippen molar-refractivity contribution < 1.29 is 31.2 Å². The van der Waals surface area contributed by atoms with E-state index >= 15 is 0 Å². The molecule has 0 aliphatic heterocycles. The molecular formula is C37H40F3N3O4S. The number of nitrogens with zero attached hydrogens (tertiary/aromatic N) is 2. The fraction of sp³-hybridized carbons (Fsp3) is 0.297. The standard InChI is InChI=1S/C37H40F3N3O4S/c1-26(2)23-41-36(45)34(21-29-9-6-5-7-10-29)42(24-30-17-13-27(3)14-18-30)35(44)25-43(32-12-8-11-31(22-32)37(38,39)40)48(46,47)33-19-15-28(4)16-20-33/h5-20,22,26,34H,21,23-25H2,1-4H3,(H,41,45)/t34-/m1/s1. The fourth-order valence-corrected chi connectivity index (χ4v) is 6.48. The minimum Gasteiger partial charge on any atom is -0.354 e. The van der Waals surface area contributed by atoms with Crippen molar-refractivity contribution in [2.75, 3.05) is 17.4 Å². The third-order valence-electron chi connectivity index (χ3n) is 7.78. The van der Waals surface area contributed by atoms with Gasteiger partial charge in [0.15, 0.2) is 0 Å². The molecule has 4 aromatic carbocycles. The number of hydrogen-bond donors (Lipinski definition) is 1. The SMILES string of the molecule is Cc1ccc(CN(C(=O)CN(c2cccc(C(F)(F)F)c2)S(=O)(=O)c2ccc(C)cc2)[C@H](Cc2ccccc2)C(=O)NCC(C)C)cc1. The van der Waals surface area contributed by atoms with Crippen molar-refractivity contribution >= 4 is 27.5 Å². The van der Waals surface area contributed by atoms with Gasteiger partial charge in [0.25, 0.3) is 10.0 Å². The molecule has 0 aliphatic carbocycles. The van der Waals surface area contributed by atoms with Crippen molar-refractivity contribution in [3.63, 3.8) is 0 Å². The normalized spacial score (nSPS) is 12.4. The quantitative estimate of drug-likeness (QED) is 0.166. The summed E-state index contributed by atoms with van der Waals surface area (Å²) in [4.78, 5) is 29.5. The van der Waals surface area contributed by atoms with E-state index in [4.69, 9.17) is 0 Å². The minimum atomic E-state index is -4.76. The first-order valence-electron chi connectivity index (χ1n) is 15.6. The molecule has 48 heavy (non-hydrogen) atoms.